The Balaban J connectivity index is 1.71. The van der Waals surface area contributed by atoms with Crippen molar-refractivity contribution in [1.29, 1.82) is 0 Å². The molecule has 1 aliphatic carbocycles. The molecular weight excluding hydrogens is 274 g/mol. The second-order valence-electron chi connectivity index (χ2n) is 5.80. The van der Waals surface area contributed by atoms with Crippen molar-refractivity contribution in [2.75, 3.05) is 23.0 Å². The first-order chi connectivity index (χ1) is 9.53. The van der Waals surface area contributed by atoms with Crippen LogP contribution in [-0.2, 0) is 16.4 Å². The second-order valence-corrected chi connectivity index (χ2v) is 8.03. The topological polar surface area (TPSA) is 62.3 Å². The molecule has 3 rings (SSSR count). The second kappa shape index (κ2) is 5.33. The predicted molar refractivity (Wildman–Crippen MR) is 79.6 cm³/mol. The number of nitrogens with zero attached hydrogens (tertiary/aromatic N) is 2. The van der Waals surface area contributed by atoms with Crippen LogP contribution in [0.15, 0.2) is 18.2 Å². The summed E-state index contributed by atoms with van der Waals surface area (Å²) in [6.45, 7) is 3.28. The van der Waals surface area contributed by atoms with E-state index in [4.69, 9.17) is 0 Å². The monoisotopic (exact) mass is 295 g/mol. The van der Waals surface area contributed by atoms with E-state index in [2.05, 4.69) is 15.2 Å². The first-order valence-electron chi connectivity index (χ1n) is 7.20. The first-order valence-corrected chi connectivity index (χ1v) is 9.02. The molecule has 1 saturated carbocycles. The third kappa shape index (κ3) is 3.30. The summed E-state index contributed by atoms with van der Waals surface area (Å²) in [6.07, 6.45) is 2.53. The van der Waals surface area contributed by atoms with Gasteiger partial charge in [0.1, 0.15) is 5.82 Å². The van der Waals surface area contributed by atoms with E-state index in [-0.39, 0.29) is 17.5 Å². The van der Waals surface area contributed by atoms with Gasteiger partial charge in [-0.1, -0.05) is 6.07 Å². The van der Waals surface area contributed by atoms with Crippen LogP contribution in [0.3, 0.4) is 0 Å². The van der Waals surface area contributed by atoms with Crippen molar-refractivity contribution in [2.24, 2.45) is 0 Å². The fourth-order valence-electron chi connectivity index (χ4n) is 2.60. The highest BCUT2D eigenvalue weighted by atomic mass is 32.2. The molecule has 0 bridgehead atoms. The lowest BCUT2D eigenvalue weighted by molar-refractivity contribution is 0.566. The lowest BCUT2D eigenvalue weighted by Gasteiger charge is -2.34. The summed E-state index contributed by atoms with van der Waals surface area (Å²) in [4.78, 5) is 6.76. The van der Waals surface area contributed by atoms with E-state index in [1.807, 2.05) is 25.1 Å². The molecule has 1 saturated heterocycles. The van der Waals surface area contributed by atoms with Gasteiger partial charge in [-0.3, -0.25) is 0 Å². The number of rotatable bonds is 4. The summed E-state index contributed by atoms with van der Waals surface area (Å²) in [5.74, 6) is 1.34. The van der Waals surface area contributed by atoms with Crippen molar-refractivity contribution in [1.82, 2.24) is 10.3 Å². The molecule has 0 amide bonds. The van der Waals surface area contributed by atoms with Gasteiger partial charge in [-0.05, 0) is 31.9 Å². The number of aromatic nitrogens is 1. The Kier molecular flexibility index (Phi) is 3.69. The van der Waals surface area contributed by atoms with E-state index in [0.717, 1.165) is 18.1 Å². The van der Waals surface area contributed by atoms with Gasteiger partial charge in [0, 0.05) is 25.2 Å². The minimum atomic E-state index is -2.88. The van der Waals surface area contributed by atoms with Crippen molar-refractivity contribution >= 4 is 15.7 Å². The average Bonchev–Trinajstić information content (AvgIpc) is 3.19. The number of hydrogen-bond acceptors (Lipinski definition) is 5. The van der Waals surface area contributed by atoms with Gasteiger partial charge in [0.05, 0.1) is 17.2 Å². The smallest absolute Gasteiger partial charge is 0.154 e. The first kappa shape index (κ1) is 13.8. The van der Waals surface area contributed by atoms with E-state index in [1.165, 1.54) is 12.8 Å². The maximum Gasteiger partial charge on any atom is 0.154 e. The molecule has 1 aromatic heterocycles. The van der Waals surface area contributed by atoms with Crippen molar-refractivity contribution < 1.29 is 8.42 Å². The van der Waals surface area contributed by atoms with Crippen LogP contribution in [0, 0.1) is 0 Å². The summed E-state index contributed by atoms with van der Waals surface area (Å²) in [6, 6.07) is 6.65. The van der Waals surface area contributed by atoms with Gasteiger partial charge >= 0.3 is 0 Å². The zero-order chi connectivity index (χ0) is 14.2. The van der Waals surface area contributed by atoms with Gasteiger partial charge in [0.2, 0.25) is 0 Å². The molecule has 2 aliphatic rings. The van der Waals surface area contributed by atoms with Crippen molar-refractivity contribution in [3.63, 3.8) is 0 Å². The predicted octanol–water partition coefficient (Wildman–Crippen LogP) is 0.957. The van der Waals surface area contributed by atoms with E-state index in [9.17, 15) is 8.42 Å². The fraction of sp³-hybridized carbons (Fsp3) is 0.643. The Labute approximate surface area is 120 Å². The minimum absolute atomic E-state index is 0.00658. The lowest BCUT2D eigenvalue weighted by atomic mass is 10.2. The molecule has 2 heterocycles. The van der Waals surface area contributed by atoms with Crippen LogP contribution >= 0.6 is 0 Å². The van der Waals surface area contributed by atoms with Crippen molar-refractivity contribution in [3.05, 3.63) is 23.9 Å². The largest absolute Gasteiger partial charge is 0.352 e. The highest BCUT2D eigenvalue weighted by Crippen LogP contribution is 2.21. The Morgan fingerprint density at radius 2 is 2.20 bits per heavy atom. The standard InChI is InChI=1S/C14H21N3O2S/c1-11-10-20(18,19)8-7-17(11)14-4-2-3-13(16-14)9-15-12-5-6-12/h2-4,11-12,15H,5-10H2,1H3. The lowest BCUT2D eigenvalue weighted by Crippen LogP contribution is -2.47. The van der Waals surface area contributed by atoms with Gasteiger partial charge in [0.15, 0.2) is 9.84 Å². The molecule has 0 radical (unpaired) electrons. The molecule has 0 spiro atoms. The third-order valence-electron chi connectivity index (χ3n) is 3.91. The molecule has 1 aromatic rings. The molecule has 2 fully saturated rings. The maximum atomic E-state index is 11.6. The SMILES string of the molecule is CC1CS(=O)(=O)CCN1c1cccc(CNC2CC2)n1. The molecule has 5 nitrogen and oxygen atoms in total. The molecule has 20 heavy (non-hydrogen) atoms. The molecule has 0 aromatic carbocycles. The normalized spacial score (nSPS) is 25.6. The van der Waals surface area contributed by atoms with Crippen LogP contribution in [0.4, 0.5) is 5.82 Å². The number of pyridine rings is 1. The number of hydrogen-bond donors (Lipinski definition) is 1. The van der Waals surface area contributed by atoms with Crippen LogP contribution in [0.1, 0.15) is 25.5 Å². The van der Waals surface area contributed by atoms with Gasteiger partial charge < -0.3 is 10.2 Å². The highest BCUT2D eigenvalue weighted by molar-refractivity contribution is 7.91. The molecule has 6 heteroatoms. The average molecular weight is 295 g/mol. The van der Waals surface area contributed by atoms with Gasteiger partial charge in [-0.15, -0.1) is 0 Å². The molecular formula is C14H21N3O2S. The van der Waals surface area contributed by atoms with E-state index >= 15 is 0 Å². The number of sulfone groups is 1. The number of anilines is 1. The quantitative estimate of drug-likeness (QED) is 0.896. The Hall–Kier alpha value is -1.14. The van der Waals surface area contributed by atoms with Crippen LogP contribution in [0.25, 0.3) is 0 Å². The fourth-order valence-corrected chi connectivity index (χ4v) is 4.16. The molecule has 1 atom stereocenters. The highest BCUT2D eigenvalue weighted by Gasteiger charge is 2.29. The zero-order valence-electron chi connectivity index (χ0n) is 11.7. The molecule has 1 unspecified atom stereocenters. The summed E-state index contributed by atoms with van der Waals surface area (Å²) >= 11 is 0. The summed E-state index contributed by atoms with van der Waals surface area (Å²) in [5, 5.41) is 3.45. The Bertz CT molecular complexity index is 584. The third-order valence-corrected chi connectivity index (χ3v) is 5.70. The van der Waals surface area contributed by atoms with Crippen molar-refractivity contribution in [2.45, 2.75) is 38.4 Å². The maximum absolute atomic E-state index is 11.6. The Morgan fingerprint density at radius 1 is 1.40 bits per heavy atom. The van der Waals surface area contributed by atoms with Crippen molar-refractivity contribution in [3.8, 4) is 0 Å². The Morgan fingerprint density at radius 3 is 2.90 bits per heavy atom. The summed E-state index contributed by atoms with van der Waals surface area (Å²) < 4.78 is 23.3. The van der Waals surface area contributed by atoms with Crippen LogP contribution in [0.2, 0.25) is 0 Å². The van der Waals surface area contributed by atoms with Crippen LogP contribution < -0.4 is 10.2 Å². The van der Waals surface area contributed by atoms with E-state index < -0.39 is 9.84 Å². The van der Waals surface area contributed by atoms with Crippen LogP contribution in [-0.4, -0.2) is 43.5 Å². The van der Waals surface area contributed by atoms with E-state index in [1.54, 1.807) is 0 Å². The summed E-state index contributed by atoms with van der Waals surface area (Å²) in [7, 11) is -2.88. The number of nitrogens with one attached hydrogen (secondary N) is 1. The van der Waals surface area contributed by atoms with Crippen LogP contribution in [0.5, 0.6) is 0 Å². The summed E-state index contributed by atoms with van der Waals surface area (Å²) in [5.41, 5.74) is 1.02. The molecule has 1 aliphatic heterocycles. The van der Waals surface area contributed by atoms with Gasteiger partial charge in [-0.2, -0.15) is 0 Å². The molecule has 1 N–H and O–H groups in total. The molecule has 110 valence electrons. The minimum Gasteiger partial charge on any atom is -0.352 e. The zero-order valence-corrected chi connectivity index (χ0v) is 12.6. The van der Waals surface area contributed by atoms with Gasteiger partial charge in [-0.25, -0.2) is 13.4 Å². The van der Waals surface area contributed by atoms with E-state index in [0.29, 0.717) is 12.6 Å². The van der Waals surface area contributed by atoms with Gasteiger partial charge in [0.25, 0.3) is 0 Å².